The Morgan fingerprint density at radius 2 is 2.21 bits per heavy atom. The smallest absolute Gasteiger partial charge is 0.189 e. The average Bonchev–Trinajstić information content (AvgIpc) is 2.69. The predicted molar refractivity (Wildman–Crippen MR) is 57.6 cm³/mol. The first kappa shape index (κ1) is 9.22. The van der Waals surface area contributed by atoms with Gasteiger partial charge in [-0.05, 0) is 18.6 Å². The second kappa shape index (κ2) is 3.81. The number of halogens is 1. The lowest BCUT2D eigenvalue weighted by Crippen LogP contribution is -2.01. The van der Waals surface area contributed by atoms with Crippen LogP contribution in [0.4, 0.5) is 0 Å². The van der Waals surface area contributed by atoms with E-state index in [1.807, 2.05) is 18.2 Å². The third-order valence-corrected chi connectivity index (χ3v) is 2.38. The molecule has 1 aromatic rings. The van der Waals surface area contributed by atoms with Crippen LogP contribution in [0.3, 0.4) is 0 Å². The molecule has 0 saturated carbocycles. The van der Waals surface area contributed by atoms with Gasteiger partial charge in [-0.3, -0.25) is 4.79 Å². The molecule has 1 aliphatic rings. The number of ketones is 1. The van der Waals surface area contributed by atoms with Gasteiger partial charge in [0.05, 0.1) is 0 Å². The number of Topliss-reactive ketones (excluding diaryl/α,β-unsaturated/α-hetero) is 1. The first-order valence-corrected chi connectivity index (χ1v) is 4.81. The SMILES string of the molecule is O=C(C1=CC=CC1)c1cccc(Cl)c1. The minimum atomic E-state index is 0.0671. The van der Waals surface area contributed by atoms with Crippen molar-refractivity contribution in [1.29, 1.82) is 0 Å². The first-order chi connectivity index (χ1) is 6.77. The molecule has 1 aromatic carbocycles. The summed E-state index contributed by atoms with van der Waals surface area (Å²) in [6, 6.07) is 7.04. The van der Waals surface area contributed by atoms with Crippen molar-refractivity contribution < 1.29 is 4.79 Å². The molecular weight excluding hydrogens is 196 g/mol. The van der Waals surface area contributed by atoms with E-state index in [1.54, 1.807) is 24.3 Å². The van der Waals surface area contributed by atoms with E-state index in [9.17, 15) is 4.79 Å². The summed E-state index contributed by atoms with van der Waals surface area (Å²) in [4.78, 5) is 11.8. The van der Waals surface area contributed by atoms with Crippen molar-refractivity contribution in [2.75, 3.05) is 0 Å². The molecule has 0 aromatic heterocycles. The largest absolute Gasteiger partial charge is 0.289 e. The second-order valence-electron chi connectivity index (χ2n) is 3.16. The normalized spacial score (nSPS) is 14.2. The van der Waals surface area contributed by atoms with Crippen molar-refractivity contribution in [2.24, 2.45) is 0 Å². The number of allylic oxidation sites excluding steroid dienone is 4. The Kier molecular flexibility index (Phi) is 2.51. The predicted octanol–water partition coefficient (Wildman–Crippen LogP) is 3.41. The van der Waals surface area contributed by atoms with Crippen molar-refractivity contribution in [2.45, 2.75) is 6.42 Å². The van der Waals surface area contributed by atoms with Crippen LogP contribution in [-0.2, 0) is 0 Å². The van der Waals surface area contributed by atoms with Gasteiger partial charge >= 0.3 is 0 Å². The Balaban J connectivity index is 2.27. The summed E-state index contributed by atoms with van der Waals surface area (Å²) in [7, 11) is 0. The zero-order chi connectivity index (χ0) is 9.97. The van der Waals surface area contributed by atoms with Crippen LogP contribution in [0.2, 0.25) is 5.02 Å². The fourth-order valence-electron chi connectivity index (χ4n) is 1.43. The van der Waals surface area contributed by atoms with Gasteiger partial charge in [0.15, 0.2) is 5.78 Å². The summed E-state index contributed by atoms with van der Waals surface area (Å²) in [5, 5.41) is 0.599. The molecule has 2 rings (SSSR count). The van der Waals surface area contributed by atoms with Crippen molar-refractivity contribution in [3.63, 3.8) is 0 Å². The fourth-order valence-corrected chi connectivity index (χ4v) is 1.62. The summed E-state index contributed by atoms with van der Waals surface area (Å²) >= 11 is 5.81. The maximum absolute atomic E-state index is 11.8. The number of carbonyl (C=O) groups excluding carboxylic acids is 1. The van der Waals surface area contributed by atoms with Crippen LogP contribution in [0.1, 0.15) is 16.8 Å². The van der Waals surface area contributed by atoms with E-state index in [2.05, 4.69) is 0 Å². The van der Waals surface area contributed by atoms with Gasteiger partial charge in [-0.2, -0.15) is 0 Å². The number of hydrogen-bond acceptors (Lipinski definition) is 1. The van der Waals surface area contributed by atoms with Crippen molar-refractivity contribution >= 4 is 17.4 Å². The Bertz CT molecular complexity index is 430. The lowest BCUT2D eigenvalue weighted by Gasteiger charge is -2.01. The highest BCUT2D eigenvalue weighted by molar-refractivity contribution is 6.31. The molecule has 0 unspecified atom stereocenters. The molecular formula is C12H9ClO. The van der Waals surface area contributed by atoms with Crippen LogP contribution in [-0.4, -0.2) is 5.78 Å². The Hall–Kier alpha value is -1.34. The van der Waals surface area contributed by atoms with E-state index in [0.717, 1.165) is 12.0 Å². The van der Waals surface area contributed by atoms with E-state index >= 15 is 0 Å². The molecule has 14 heavy (non-hydrogen) atoms. The quantitative estimate of drug-likeness (QED) is 0.675. The monoisotopic (exact) mass is 204 g/mol. The van der Waals surface area contributed by atoms with Gasteiger partial charge in [0.1, 0.15) is 0 Å². The number of rotatable bonds is 2. The third kappa shape index (κ3) is 1.78. The second-order valence-corrected chi connectivity index (χ2v) is 3.60. The van der Waals surface area contributed by atoms with E-state index in [-0.39, 0.29) is 5.78 Å². The van der Waals surface area contributed by atoms with Crippen LogP contribution >= 0.6 is 11.6 Å². The number of hydrogen-bond donors (Lipinski definition) is 0. The Morgan fingerprint density at radius 3 is 2.86 bits per heavy atom. The van der Waals surface area contributed by atoms with E-state index in [0.29, 0.717) is 10.6 Å². The van der Waals surface area contributed by atoms with Crippen LogP contribution in [0.15, 0.2) is 48.1 Å². The maximum Gasteiger partial charge on any atom is 0.189 e. The zero-order valence-electron chi connectivity index (χ0n) is 7.53. The van der Waals surface area contributed by atoms with Crippen molar-refractivity contribution in [3.05, 3.63) is 58.7 Å². The van der Waals surface area contributed by atoms with Gasteiger partial charge in [0, 0.05) is 16.2 Å². The van der Waals surface area contributed by atoms with E-state index < -0.39 is 0 Å². The highest BCUT2D eigenvalue weighted by Crippen LogP contribution is 2.19. The maximum atomic E-state index is 11.8. The molecule has 1 nitrogen and oxygen atoms in total. The van der Waals surface area contributed by atoms with Crippen LogP contribution in [0.25, 0.3) is 0 Å². The molecule has 0 bridgehead atoms. The van der Waals surface area contributed by atoms with Crippen LogP contribution in [0.5, 0.6) is 0 Å². The zero-order valence-corrected chi connectivity index (χ0v) is 8.29. The lowest BCUT2D eigenvalue weighted by molar-refractivity contribution is 0.103. The van der Waals surface area contributed by atoms with Crippen molar-refractivity contribution in [1.82, 2.24) is 0 Å². The van der Waals surface area contributed by atoms with Gasteiger partial charge in [0.25, 0.3) is 0 Å². The highest BCUT2D eigenvalue weighted by atomic mass is 35.5. The summed E-state index contributed by atoms with van der Waals surface area (Å²) in [6.45, 7) is 0. The van der Waals surface area contributed by atoms with Crippen LogP contribution in [0, 0.1) is 0 Å². The summed E-state index contributed by atoms with van der Waals surface area (Å²) in [5.74, 6) is 0.0671. The summed E-state index contributed by atoms with van der Waals surface area (Å²) < 4.78 is 0. The molecule has 0 saturated heterocycles. The molecule has 0 spiro atoms. The van der Waals surface area contributed by atoms with Gasteiger partial charge in [-0.25, -0.2) is 0 Å². The molecule has 0 heterocycles. The Labute approximate surface area is 87.7 Å². The van der Waals surface area contributed by atoms with Gasteiger partial charge in [0.2, 0.25) is 0 Å². The van der Waals surface area contributed by atoms with E-state index in [4.69, 9.17) is 11.6 Å². The standard InChI is InChI=1S/C12H9ClO/c13-11-7-3-6-10(8-11)12(14)9-4-1-2-5-9/h1-4,6-8H,5H2. The minimum Gasteiger partial charge on any atom is -0.289 e. The molecule has 0 aliphatic heterocycles. The van der Waals surface area contributed by atoms with Gasteiger partial charge in [-0.1, -0.05) is 42.0 Å². The topological polar surface area (TPSA) is 17.1 Å². The number of benzene rings is 1. The molecule has 1 aliphatic carbocycles. The average molecular weight is 205 g/mol. The molecule has 0 amide bonds. The van der Waals surface area contributed by atoms with Gasteiger partial charge in [-0.15, -0.1) is 0 Å². The van der Waals surface area contributed by atoms with Crippen LogP contribution < -0.4 is 0 Å². The third-order valence-electron chi connectivity index (χ3n) is 2.15. The Morgan fingerprint density at radius 1 is 1.36 bits per heavy atom. The highest BCUT2D eigenvalue weighted by Gasteiger charge is 2.12. The molecule has 0 radical (unpaired) electrons. The molecule has 0 fully saturated rings. The fraction of sp³-hybridized carbons (Fsp3) is 0.0833. The molecule has 0 N–H and O–H groups in total. The lowest BCUT2D eigenvalue weighted by atomic mass is 10.0. The van der Waals surface area contributed by atoms with Crippen molar-refractivity contribution in [3.8, 4) is 0 Å². The van der Waals surface area contributed by atoms with E-state index in [1.165, 1.54) is 0 Å². The van der Waals surface area contributed by atoms with Gasteiger partial charge < -0.3 is 0 Å². The summed E-state index contributed by atoms with van der Waals surface area (Å²) in [5.41, 5.74) is 1.49. The molecule has 0 atom stereocenters. The first-order valence-electron chi connectivity index (χ1n) is 4.43. The molecule has 2 heteroatoms. The number of carbonyl (C=O) groups is 1. The minimum absolute atomic E-state index is 0.0671. The molecule has 70 valence electrons. The summed E-state index contributed by atoms with van der Waals surface area (Å²) in [6.07, 6.45) is 6.45.